The maximum absolute atomic E-state index is 4.77. The molecule has 0 saturated carbocycles. The molecule has 0 N–H and O–H groups in total. The van der Waals surface area contributed by atoms with Crippen LogP contribution < -0.4 is 4.90 Å². The number of benzene rings is 1. The number of hydrogen-bond acceptors (Lipinski definition) is 4. The third-order valence-electron chi connectivity index (χ3n) is 5.50. The van der Waals surface area contributed by atoms with Gasteiger partial charge in [-0.05, 0) is 79.9 Å². The largest absolute Gasteiger partial charge is 0.357 e. The standard InChI is InChI=1S/C24H28N4/c1-27(2)18-19-4-3-5-22(16-19)23-6-7-24(26-17-23)28-14-10-21(11-15-28)20-8-12-25-13-9-20/h3-9,12-13,16-17,21H,10-11,14-15,18H2,1-2H3. The Balaban J connectivity index is 1.41. The van der Waals surface area contributed by atoms with E-state index in [9.17, 15) is 0 Å². The topological polar surface area (TPSA) is 32.3 Å². The second-order valence-corrected chi connectivity index (χ2v) is 7.89. The fourth-order valence-electron chi connectivity index (χ4n) is 4.04. The Hall–Kier alpha value is -2.72. The molecule has 0 amide bonds. The maximum Gasteiger partial charge on any atom is 0.128 e. The first-order chi connectivity index (χ1) is 13.7. The summed E-state index contributed by atoms with van der Waals surface area (Å²) in [5.74, 6) is 1.72. The highest BCUT2D eigenvalue weighted by atomic mass is 15.2. The van der Waals surface area contributed by atoms with Crippen molar-refractivity contribution in [2.45, 2.75) is 25.3 Å². The van der Waals surface area contributed by atoms with Gasteiger partial charge in [-0.25, -0.2) is 4.98 Å². The van der Waals surface area contributed by atoms with Crippen molar-refractivity contribution in [3.8, 4) is 11.1 Å². The van der Waals surface area contributed by atoms with Gasteiger partial charge in [-0.15, -0.1) is 0 Å². The molecular weight excluding hydrogens is 344 g/mol. The van der Waals surface area contributed by atoms with E-state index in [1.807, 2.05) is 18.6 Å². The van der Waals surface area contributed by atoms with E-state index >= 15 is 0 Å². The monoisotopic (exact) mass is 372 g/mol. The first kappa shape index (κ1) is 18.6. The van der Waals surface area contributed by atoms with E-state index in [2.05, 4.69) is 77.4 Å². The molecule has 28 heavy (non-hydrogen) atoms. The number of rotatable bonds is 5. The van der Waals surface area contributed by atoms with Crippen molar-refractivity contribution in [3.63, 3.8) is 0 Å². The lowest BCUT2D eigenvalue weighted by atomic mass is 9.90. The number of nitrogens with zero attached hydrogens (tertiary/aromatic N) is 4. The van der Waals surface area contributed by atoms with E-state index in [-0.39, 0.29) is 0 Å². The van der Waals surface area contributed by atoms with Gasteiger partial charge in [0.05, 0.1) is 0 Å². The summed E-state index contributed by atoms with van der Waals surface area (Å²) in [7, 11) is 4.20. The van der Waals surface area contributed by atoms with Crippen LogP contribution in [-0.4, -0.2) is 42.1 Å². The molecule has 1 saturated heterocycles. The van der Waals surface area contributed by atoms with Crippen LogP contribution in [0.4, 0.5) is 5.82 Å². The summed E-state index contributed by atoms with van der Waals surface area (Å²) in [6, 6.07) is 17.4. The Morgan fingerprint density at radius 1 is 0.964 bits per heavy atom. The number of aromatic nitrogens is 2. The van der Waals surface area contributed by atoms with Crippen molar-refractivity contribution in [1.29, 1.82) is 0 Å². The molecule has 144 valence electrons. The van der Waals surface area contributed by atoms with Gasteiger partial charge in [-0.3, -0.25) is 4.98 Å². The van der Waals surface area contributed by atoms with Crippen molar-refractivity contribution < 1.29 is 0 Å². The molecule has 0 atom stereocenters. The predicted molar refractivity (Wildman–Crippen MR) is 115 cm³/mol. The fraction of sp³-hybridized carbons (Fsp3) is 0.333. The van der Waals surface area contributed by atoms with Gasteiger partial charge in [-0.2, -0.15) is 0 Å². The highest BCUT2D eigenvalue weighted by molar-refractivity contribution is 5.64. The Labute approximate surface area is 167 Å². The lowest BCUT2D eigenvalue weighted by molar-refractivity contribution is 0.402. The van der Waals surface area contributed by atoms with E-state index in [0.717, 1.165) is 25.5 Å². The van der Waals surface area contributed by atoms with Gasteiger partial charge in [0.25, 0.3) is 0 Å². The molecular formula is C24H28N4. The molecule has 4 heteroatoms. The molecule has 4 rings (SSSR count). The lowest BCUT2D eigenvalue weighted by Crippen LogP contribution is -2.33. The molecule has 1 aliphatic rings. The van der Waals surface area contributed by atoms with Gasteiger partial charge in [0, 0.05) is 43.8 Å². The average Bonchev–Trinajstić information content (AvgIpc) is 2.74. The van der Waals surface area contributed by atoms with Gasteiger partial charge in [-0.1, -0.05) is 18.2 Å². The SMILES string of the molecule is CN(C)Cc1cccc(-c2ccc(N3CCC(c4ccncc4)CC3)nc2)c1. The predicted octanol–water partition coefficient (Wildman–Crippen LogP) is 4.59. The van der Waals surface area contributed by atoms with E-state index in [4.69, 9.17) is 4.98 Å². The summed E-state index contributed by atoms with van der Waals surface area (Å²) in [5.41, 5.74) is 5.14. The van der Waals surface area contributed by atoms with Crippen LogP contribution in [-0.2, 0) is 6.54 Å². The van der Waals surface area contributed by atoms with Crippen LogP contribution in [0.2, 0.25) is 0 Å². The summed E-state index contributed by atoms with van der Waals surface area (Å²) in [4.78, 5) is 13.5. The molecule has 0 aliphatic carbocycles. The molecule has 0 spiro atoms. The third kappa shape index (κ3) is 4.39. The first-order valence-electron chi connectivity index (χ1n) is 10.0. The lowest BCUT2D eigenvalue weighted by Gasteiger charge is -2.33. The molecule has 1 aliphatic heterocycles. The van der Waals surface area contributed by atoms with Gasteiger partial charge >= 0.3 is 0 Å². The molecule has 4 nitrogen and oxygen atoms in total. The average molecular weight is 373 g/mol. The second-order valence-electron chi connectivity index (χ2n) is 7.89. The van der Waals surface area contributed by atoms with Gasteiger partial charge in [0.15, 0.2) is 0 Å². The normalized spacial score (nSPS) is 15.2. The first-order valence-corrected chi connectivity index (χ1v) is 10.0. The highest BCUT2D eigenvalue weighted by Crippen LogP contribution is 2.30. The van der Waals surface area contributed by atoms with Crippen molar-refractivity contribution in [2.24, 2.45) is 0 Å². The van der Waals surface area contributed by atoms with Crippen LogP contribution in [0, 0.1) is 0 Å². The minimum Gasteiger partial charge on any atom is -0.357 e. The third-order valence-corrected chi connectivity index (χ3v) is 5.50. The van der Waals surface area contributed by atoms with Crippen LogP contribution in [0.3, 0.4) is 0 Å². The molecule has 1 fully saturated rings. The van der Waals surface area contributed by atoms with Crippen LogP contribution >= 0.6 is 0 Å². The van der Waals surface area contributed by atoms with E-state index in [1.165, 1.54) is 35.1 Å². The van der Waals surface area contributed by atoms with E-state index < -0.39 is 0 Å². The molecule has 0 unspecified atom stereocenters. The Kier molecular flexibility index (Phi) is 5.68. The number of hydrogen-bond donors (Lipinski definition) is 0. The zero-order chi connectivity index (χ0) is 19.3. The fourth-order valence-corrected chi connectivity index (χ4v) is 4.04. The number of pyridine rings is 2. The Morgan fingerprint density at radius 3 is 2.43 bits per heavy atom. The molecule has 0 radical (unpaired) electrons. The van der Waals surface area contributed by atoms with Crippen LogP contribution in [0.25, 0.3) is 11.1 Å². The number of piperidine rings is 1. The zero-order valence-electron chi connectivity index (χ0n) is 16.8. The number of anilines is 1. The van der Waals surface area contributed by atoms with Crippen molar-refractivity contribution in [2.75, 3.05) is 32.1 Å². The maximum atomic E-state index is 4.77. The van der Waals surface area contributed by atoms with Crippen LogP contribution in [0.5, 0.6) is 0 Å². The molecule has 3 aromatic rings. The Morgan fingerprint density at radius 2 is 1.75 bits per heavy atom. The molecule has 1 aromatic carbocycles. The summed E-state index contributed by atoms with van der Waals surface area (Å²) in [6.45, 7) is 3.06. The zero-order valence-corrected chi connectivity index (χ0v) is 16.8. The molecule has 3 heterocycles. The van der Waals surface area contributed by atoms with E-state index in [0.29, 0.717) is 5.92 Å². The van der Waals surface area contributed by atoms with Crippen molar-refractivity contribution >= 4 is 5.82 Å². The summed E-state index contributed by atoms with van der Waals surface area (Å²) >= 11 is 0. The van der Waals surface area contributed by atoms with Gasteiger partial charge in [0.2, 0.25) is 0 Å². The highest BCUT2D eigenvalue weighted by Gasteiger charge is 2.21. The van der Waals surface area contributed by atoms with E-state index in [1.54, 1.807) is 0 Å². The van der Waals surface area contributed by atoms with Crippen LogP contribution in [0.15, 0.2) is 67.1 Å². The van der Waals surface area contributed by atoms with Crippen molar-refractivity contribution in [1.82, 2.24) is 14.9 Å². The van der Waals surface area contributed by atoms with Crippen molar-refractivity contribution in [3.05, 3.63) is 78.2 Å². The minimum absolute atomic E-state index is 0.637. The summed E-state index contributed by atoms with van der Waals surface area (Å²) < 4.78 is 0. The Bertz CT molecular complexity index is 882. The van der Waals surface area contributed by atoms with Crippen LogP contribution in [0.1, 0.15) is 29.9 Å². The quantitative estimate of drug-likeness (QED) is 0.656. The minimum atomic E-state index is 0.637. The van der Waals surface area contributed by atoms with Gasteiger partial charge in [0.1, 0.15) is 5.82 Å². The van der Waals surface area contributed by atoms with Gasteiger partial charge < -0.3 is 9.80 Å². The summed E-state index contributed by atoms with van der Waals surface area (Å²) in [5, 5.41) is 0. The smallest absolute Gasteiger partial charge is 0.128 e. The second kappa shape index (κ2) is 8.53. The summed E-state index contributed by atoms with van der Waals surface area (Å²) in [6.07, 6.45) is 8.14. The molecule has 2 aromatic heterocycles. The molecule has 0 bridgehead atoms.